The van der Waals surface area contributed by atoms with E-state index in [0.29, 0.717) is 19.7 Å². The van der Waals surface area contributed by atoms with Gasteiger partial charge in [-0.1, -0.05) is 0 Å². The van der Waals surface area contributed by atoms with Crippen LogP contribution in [0.4, 0.5) is 18.0 Å². The van der Waals surface area contributed by atoms with Crippen molar-refractivity contribution in [1.29, 1.82) is 0 Å². The summed E-state index contributed by atoms with van der Waals surface area (Å²) < 4.78 is 42.2. The van der Waals surface area contributed by atoms with Crippen molar-refractivity contribution in [1.82, 2.24) is 10.2 Å². The van der Waals surface area contributed by atoms with Crippen LogP contribution >= 0.6 is 0 Å². The largest absolute Gasteiger partial charge is 0.490 e. The highest BCUT2D eigenvalue weighted by Gasteiger charge is 2.45. The average Bonchev–Trinajstić information content (AvgIpc) is 2.97. The molecule has 1 amide bonds. The number of nitrogens with one attached hydrogen (secondary N) is 1. The Labute approximate surface area is 167 Å². The zero-order valence-electron chi connectivity index (χ0n) is 17.1. The van der Waals surface area contributed by atoms with Crippen molar-refractivity contribution < 1.29 is 42.1 Å². The quantitative estimate of drug-likeness (QED) is 0.654. The second kappa shape index (κ2) is 9.64. The van der Waals surface area contributed by atoms with Crippen LogP contribution in [0.2, 0.25) is 0 Å². The Hall–Kier alpha value is -2.04. The fraction of sp³-hybridized carbons (Fsp3) is 0.833. The molecule has 0 aromatic heterocycles. The summed E-state index contributed by atoms with van der Waals surface area (Å²) in [6, 6.07) is -0.201. The predicted octanol–water partition coefficient (Wildman–Crippen LogP) is 2.56. The number of carboxylic acid groups (broad SMARTS) is 1. The highest BCUT2D eigenvalue weighted by molar-refractivity contribution is 5.76. The van der Waals surface area contributed by atoms with E-state index in [1.165, 1.54) is 0 Å². The molecule has 2 saturated heterocycles. The number of halogens is 3. The summed E-state index contributed by atoms with van der Waals surface area (Å²) in [6.07, 6.45) is -2.73. The van der Waals surface area contributed by atoms with Gasteiger partial charge >= 0.3 is 24.2 Å². The third-order valence-electron chi connectivity index (χ3n) is 4.65. The van der Waals surface area contributed by atoms with Gasteiger partial charge in [-0.3, -0.25) is 4.79 Å². The first-order chi connectivity index (χ1) is 13.2. The molecule has 0 radical (unpaired) electrons. The van der Waals surface area contributed by atoms with Crippen LogP contribution in [0.1, 0.15) is 47.0 Å². The lowest BCUT2D eigenvalue weighted by atomic mass is 9.76. The highest BCUT2D eigenvalue weighted by atomic mass is 19.4. The molecule has 0 aromatic carbocycles. The van der Waals surface area contributed by atoms with E-state index < -0.39 is 17.7 Å². The van der Waals surface area contributed by atoms with E-state index in [1.807, 2.05) is 27.7 Å². The number of carbonyl (C=O) groups is 3. The lowest BCUT2D eigenvalue weighted by Crippen LogP contribution is -2.45. The number of aliphatic carboxylic acids is 1. The first-order valence-electron chi connectivity index (χ1n) is 9.37. The molecule has 2 N–H and O–H groups in total. The topological polar surface area (TPSA) is 105 Å². The predicted molar refractivity (Wildman–Crippen MR) is 96.2 cm³/mol. The molecule has 0 aliphatic carbocycles. The summed E-state index contributed by atoms with van der Waals surface area (Å²) in [5.41, 5.74) is -0.355. The van der Waals surface area contributed by atoms with Crippen molar-refractivity contribution in [3.05, 3.63) is 0 Å². The molecule has 2 rings (SSSR count). The summed E-state index contributed by atoms with van der Waals surface area (Å²) in [5, 5.41) is 10.4. The monoisotopic (exact) mass is 426 g/mol. The van der Waals surface area contributed by atoms with Gasteiger partial charge in [-0.05, 0) is 52.4 Å². The van der Waals surface area contributed by atoms with Gasteiger partial charge in [0.05, 0.1) is 6.61 Å². The van der Waals surface area contributed by atoms with Gasteiger partial charge in [0.25, 0.3) is 0 Å². The van der Waals surface area contributed by atoms with Crippen LogP contribution in [0.5, 0.6) is 0 Å². The van der Waals surface area contributed by atoms with Crippen molar-refractivity contribution in [2.75, 3.05) is 26.2 Å². The average molecular weight is 426 g/mol. The van der Waals surface area contributed by atoms with Gasteiger partial charge in [-0.2, -0.15) is 13.2 Å². The molecule has 0 bridgehead atoms. The fourth-order valence-corrected chi connectivity index (χ4v) is 3.20. The van der Waals surface area contributed by atoms with E-state index in [2.05, 4.69) is 5.32 Å². The number of esters is 1. The minimum absolute atomic E-state index is 0.107. The van der Waals surface area contributed by atoms with Crippen LogP contribution in [0, 0.1) is 5.41 Å². The SMILES string of the molecule is CCOC(=O)C1CC2(CCN(C(=O)OC(C)(C)C)CC2)CN1.O=C(O)C(F)(F)F. The van der Waals surface area contributed by atoms with Gasteiger partial charge in [0.1, 0.15) is 11.6 Å². The lowest BCUT2D eigenvalue weighted by Gasteiger charge is -2.39. The Morgan fingerprint density at radius 2 is 1.69 bits per heavy atom. The molecule has 2 heterocycles. The maximum atomic E-state index is 12.1. The standard InChI is InChI=1S/C16H28N2O4.C2HF3O2/c1-5-21-13(19)12-10-16(11-17-12)6-8-18(9-7-16)14(20)22-15(2,3)4;3-2(4,5)1(6)7/h12,17H,5-11H2,1-4H3;(H,6,7). The van der Waals surface area contributed by atoms with Crippen molar-refractivity contribution in [2.45, 2.75) is 64.8 Å². The van der Waals surface area contributed by atoms with Gasteiger partial charge in [0.15, 0.2) is 0 Å². The second-order valence-corrected chi connectivity index (χ2v) is 8.16. The zero-order valence-corrected chi connectivity index (χ0v) is 17.1. The van der Waals surface area contributed by atoms with Crippen LogP contribution in [0.3, 0.4) is 0 Å². The minimum atomic E-state index is -5.08. The number of nitrogens with zero attached hydrogens (tertiary/aromatic N) is 1. The third kappa shape index (κ3) is 8.08. The second-order valence-electron chi connectivity index (χ2n) is 8.16. The van der Waals surface area contributed by atoms with E-state index in [1.54, 1.807) is 4.90 Å². The van der Waals surface area contributed by atoms with E-state index >= 15 is 0 Å². The van der Waals surface area contributed by atoms with Crippen molar-refractivity contribution in [3.8, 4) is 0 Å². The Bertz CT molecular complexity index is 595. The first-order valence-corrected chi connectivity index (χ1v) is 9.37. The lowest BCUT2D eigenvalue weighted by molar-refractivity contribution is -0.192. The van der Waals surface area contributed by atoms with Gasteiger partial charge in [-0.25, -0.2) is 9.59 Å². The molecular formula is C18H29F3N2O6. The van der Waals surface area contributed by atoms with Crippen LogP contribution < -0.4 is 5.32 Å². The molecule has 29 heavy (non-hydrogen) atoms. The van der Waals surface area contributed by atoms with Crippen molar-refractivity contribution in [3.63, 3.8) is 0 Å². The van der Waals surface area contributed by atoms with E-state index in [9.17, 15) is 22.8 Å². The Kier molecular flexibility index (Phi) is 8.31. The van der Waals surface area contributed by atoms with Crippen LogP contribution in [-0.2, 0) is 19.1 Å². The number of alkyl halides is 3. The zero-order chi connectivity index (χ0) is 22.5. The number of amides is 1. The highest BCUT2D eigenvalue weighted by Crippen LogP contribution is 2.39. The van der Waals surface area contributed by atoms with Gasteiger partial charge in [-0.15, -0.1) is 0 Å². The Morgan fingerprint density at radius 3 is 2.10 bits per heavy atom. The molecule has 2 aliphatic heterocycles. The first kappa shape index (κ1) is 25.0. The molecule has 1 atom stereocenters. The molecule has 2 aliphatic rings. The molecular weight excluding hydrogens is 397 g/mol. The van der Waals surface area contributed by atoms with Gasteiger partial charge in [0, 0.05) is 19.6 Å². The fourth-order valence-electron chi connectivity index (χ4n) is 3.20. The van der Waals surface area contributed by atoms with Gasteiger partial charge in [0.2, 0.25) is 0 Å². The Balaban J connectivity index is 0.000000516. The maximum absolute atomic E-state index is 12.1. The molecule has 1 spiro atoms. The molecule has 0 aromatic rings. The van der Waals surface area contributed by atoms with E-state index in [-0.39, 0.29) is 23.5 Å². The molecule has 168 valence electrons. The van der Waals surface area contributed by atoms with Gasteiger partial charge < -0.3 is 24.8 Å². The summed E-state index contributed by atoms with van der Waals surface area (Å²) in [5.74, 6) is -2.92. The number of hydrogen-bond donors (Lipinski definition) is 2. The van der Waals surface area contributed by atoms with E-state index in [0.717, 1.165) is 25.8 Å². The van der Waals surface area contributed by atoms with Crippen molar-refractivity contribution in [2.24, 2.45) is 5.41 Å². The Morgan fingerprint density at radius 1 is 1.17 bits per heavy atom. The number of ether oxygens (including phenoxy) is 2. The number of carbonyl (C=O) groups excluding carboxylic acids is 2. The number of likely N-dealkylation sites (tertiary alicyclic amines) is 1. The molecule has 2 fully saturated rings. The number of rotatable bonds is 2. The molecule has 0 saturated carbocycles. The summed E-state index contributed by atoms with van der Waals surface area (Å²) in [4.78, 5) is 34.6. The smallest absolute Gasteiger partial charge is 0.475 e. The summed E-state index contributed by atoms with van der Waals surface area (Å²) in [7, 11) is 0. The van der Waals surface area contributed by atoms with Crippen LogP contribution in [-0.4, -0.2) is 72.1 Å². The number of hydrogen-bond acceptors (Lipinski definition) is 6. The minimum Gasteiger partial charge on any atom is -0.475 e. The molecule has 8 nitrogen and oxygen atoms in total. The molecule has 11 heteroatoms. The normalized spacial score (nSPS) is 21.2. The summed E-state index contributed by atoms with van der Waals surface area (Å²) >= 11 is 0. The number of carboxylic acids is 1. The summed E-state index contributed by atoms with van der Waals surface area (Å²) in [6.45, 7) is 10.1. The third-order valence-corrected chi connectivity index (χ3v) is 4.65. The number of piperidine rings is 1. The van der Waals surface area contributed by atoms with Crippen molar-refractivity contribution >= 4 is 18.0 Å². The van der Waals surface area contributed by atoms with Crippen LogP contribution in [0.25, 0.3) is 0 Å². The maximum Gasteiger partial charge on any atom is 0.490 e. The van der Waals surface area contributed by atoms with E-state index in [4.69, 9.17) is 19.4 Å². The molecule has 1 unspecified atom stereocenters. The van der Waals surface area contributed by atoms with Crippen LogP contribution in [0.15, 0.2) is 0 Å².